The predicted octanol–water partition coefficient (Wildman–Crippen LogP) is 5.36. The van der Waals surface area contributed by atoms with Crippen molar-refractivity contribution in [3.05, 3.63) is 58.7 Å². The Morgan fingerprint density at radius 1 is 0.750 bits per heavy atom. The fourth-order valence-electron chi connectivity index (χ4n) is 4.88. The van der Waals surface area contributed by atoms with Crippen LogP contribution in [0.25, 0.3) is 0 Å². The van der Waals surface area contributed by atoms with Gasteiger partial charge < -0.3 is 0 Å². The molecule has 1 atom stereocenters. The number of nitrogens with one attached hydrogen (secondary N) is 1. The van der Waals surface area contributed by atoms with Crippen LogP contribution in [-0.2, 0) is 19.9 Å². The largest absolute Gasteiger partial charge is 0.242 e. The molecule has 3 rings (SSSR count). The molecule has 0 radical (unpaired) electrons. The Bertz CT molecular complexity index is 1120. The molecule has 1 fully saturated rings. The van der Waals surface area contributed by atoms with Crippen molar-refractivity contribution in [2.24, 2.45) is 5.92 Å². The molecule has 0 heterocycles. The van der Waals surface area contributed by atoms with Crippen LogP contribution in [0.1, 0.15) is 67.2 Å². The molecule has 2 aromatic carbocycles. The molecule has 0 aliphatic heterocycles. The van der Waals surface area contributed by atoms with Gasteiger partial charge in [0.2, 0.25) is 10.0 Å². The Labute approximate surface area is 193 Å². The van der Waals surface area contributed by atoms with Crippen molar-refractivity contribution >= 4 is 19.9 Å². The Morgan fingerprint density at radius 2 is 1.25 bits per heavy atom. The van der Waals surface area contributed by atoms with Crippen molar-refractivity contribution in [2.45, 2.75) is 87.8 Å². The number of hydrogen-bond acceptors (Lipinski definition) is 4. The lowest BCUT2D eigenvalue weighted by Crippen LogP contribution is -2.46. The van der Waals surface area contributed by atoms with Crippen LogP contribution in [-0.4, -0.2) is 22.2 Å². The zero-order chi connectivity index (χ0) is 23.5. The van der Waals surface area contributed by atoms with Crippen LogP contribution in [0.15, 0.2) is 46.2 Å². The number of aryl methyl sites for hydroxylation is 4. The zero-order valence-corrected chi connectivity index (χ0v) is 21.2. The van der Waals surface area contributed by atoms with Crippen LogP contribution >= 0.6 is 0 Å². The van der Waals surface area contributed by atoms with E-state index >= 15 is 0 Å². The Hall–Kier alpha value is -1.70. The molecule has 0 aromatic heterocycles. The van der Waals surface area contributed by atoms with Gasteiger partial charge in [-0.1, -0.05) is 67.5 Å². The van der Waals surface area contributed by atoms with Crippen molar-refractivity contribution < 1.29 is 16.8 Å². The summed E-state index contributed by atoms with van der Waals surface area (Å²) in [5, 5.41) is -1.19. The highest BCUT2D eigenvalue weighted by Crippen LogP contribution is 2.32. The lowest BCUT2D eigenvalue weighted by molar-refractivity contribution is 0.350. The van der Waals surface area contributed by atoms with Gasteiger partial charge in [0, 0.05) is 0 Å². The van der Waals surface area contributed by atoms with Gasteiger partial charge in [-0.3, -0.25) is 0 Å². The van der Waals surface area contributed by atoms with Gasteiger partial charge in [-0.25, -0.2) is 16.8 Å². The van der Waals surface area contributed by atoms with E-state index in [2.05, 4.69) is 4.72 Å². The van der Waals surface area contributed by atoms with Gasteiger partial charge in [-0.2, -0.15) is 4.72 Å². The molecule has 1 N–H and O–H groups in total. The third-order valence-corrected chi connectivity index (χ3v) is 10.4. The molecule has 0 saturated heterocycles. The third kappa shape index (κ3) is 5.61. The van der Waals surface area contributed by atoms with Crippen LogP contribution in [0.5, 0.6) is 0 Å². The Balaban J connectivity index is 2.07. The lowest BCUT2D eigenvalue weighted by atomic mass is 9.91. The van der Waals surface area contributed by atoms with Crippen molar-refractivity contribution in [2.75, 3.05) is 0 Å². The van der Waals surface area contributed by atoms with E-state index in [0.29, 0.717) is 24.0 Å². The van der Waals surface area contributed by atoms with Gasteiger partial charge in [0.15, 0.2) is 9.84 Å². The van der Waals surface area contributed by atoms with Crippen molar-refractivity contribution in [1.29, 1.82) is 0 Å². The van der Waals surface area contributed by atoms with E-state index in [9.17, 15) is 16.8 Å². The van der Waals surface area contributed by atoms with Crippen molar-refractivity contribution in [3.8, 4) is 0 Å². The number of hydrogen-bond donors (Lipinski definition) is 1. The highest BCUT2D eigenvalue weighted by atomic mass is 32.2. The number of sulfone groups is 1. The summed E-state index contributed by atoms with van der Waals surface area (Å²) < 4.78 is 57.3. The smallest absolute Gasteiger partial charge is 0.222 e. The van der Waals surface area contributed by atoms with E-state index in [1.165, 1.54) is 0 Å². The molecule has 0 bridgehead atoms. The zero-order valence-electron chi connectivity index (χ0n) is 19.5. The van der Waals surface area contributed by atoms with Crippen molar-refractivity contribution in [3.63, 3.8) is 0 Å². The SMILES string of the molecule is Cc1ccc(S(=O)(=O)C(NS(=O)(=O)c2c(C)cc(C)cc2C)C2CCCCCCC2)cc1. The first-order chi connectivity index (χ1) is 15.0. The summed E-state index contributed by atoms with van der Waals surface area (Å²) in [6.07, 6.45) is 6.47. The summed E-state index contributed by atoms with van der Waals surface area (Å²) in [7, 11) is -7.95. The van der Waals surface area contributed by atoms with Crippen LogP contribution in [0, 0.1) is 33.6 Å². The first kappa shape index (κ1) is 24.9. The second kappa shape index (κ2) is 10.1. The molecule has 1 unspecified atom stereocenters. The van der Waals surface area contributed by atoms with Crippen LogP contribution in [0.2, 0.25) is 0 Å². The lowest BCUT2D eigenvalue weighted by Gasteiger charge is -2.29. The van der Waals surface area contributed by atoms with Gasteiger partial charge in [0.05, 0.1) is 9.79 Å². The third-order valence-electron chi connectivity index (χ3n) is 6.41. The average molecular weight is 478 g/mol. The summed E-state index contributed by atoms with van der Waals surface area (Å²) in [5.74, 6) is -0.262. The van der Waals surface area contributed by atoms with Gasteiger partial charge in [0.1, 0.15) is 5.37 Å². The topological polar surface area (TPSA) is 80.3 Å². The van der Waals surface area contributed by atoms with Gasteiger partial charge >= 0.3 is 0 Å². The molecule has 0 amide bonds. The van der Waals surface area contributed by atoms with Gasteiger partial charge in [-0.15, -0.1) is 0 Å². The maximum absolute atomic E-state index is 13.7. The number of benzene rings is 2. The molecule has 0 spiro atoms. The quantitative estimate of drug-likeness (QED) is 0.607. The maximum Gasteiger partial charge on any atom is 0.242 e. The van der Waals surface area contributed by atoms with Gasteiger partial charge in [-0.05, 0) is 69.7 Å². The molecule has 176 valence electrons. The maximum atomic E-state index is 13.7. The Kier molecular flexibility index (Phi) is 7.84. The monoisotopic (exact) mass is 477 g/mol. The predicted molar refractivity (Wildman–Crippen MR) is 129 cm³/mol. The van der Waals surface area contributed by atoms with Gasteiger partial charge in [0.25, 0.3) is 0 Å². The average Bonchev–Trinajstić information content (AvgIpc) is 2.65. The second-order valence-corrected chi connectivity index (χ2v) is 13.0. The number of rotatable bonds is 6. The summed E-state index contributed by atoms with van der Waals surface area (Å²) >= 11 is 0. The normalized spacial score (nSPS) is 17.5. The minimum Gasteiger partial charge on any atom is -0.222 e. The molecule has 5 nitrogen and oxygen atoms in total. The van der Waals surface area contributed by atoms with E-state index in [0.717, 1.165) is 43.2 Å². The summed E-state index contributed by atoms with van der Waals surface area (Å²) in [6, 6.07) is 10.3. The first-order valence-corrected chi connectivity index (χ1v) is 14.5. The Morgan fingerprint density at radius 3 is 1.78 bits per heavy atom. The molecule has 2 aromatic rings. The highest BCUT2D eigenvalue weighted by molar-refractivity contribution is 7.94. The van der Waals surface area contributed by atoms with Crippen molar-refractivity contribution in [1.82, 2.24) is 4.72 Å². The molecular formula is C25H35NO4S2. The molecule has 1 aliphatic rings. The highest BCUT2D eigenvalue weighted by Gasteiger charge is 2.38. The van der Waals surface area contributed by atoms with Crippen LogP contribution in [0.4, 0.5) is 0 Å². The minimum absolute atomic E-state index is 0.162. The minimum atomic E-state index is -4.04. The summed E-state index contributed by atoms with van der Waals surface area (Å²) in [4.78, 5) is 0.341. The summed E-state index contributed by atoms with van der Waals surface area (Å²) in [6.45, 7) is 7.33. The van der Waals surface area contributed by atoms with E-state index in [1.54, 1.807) is 38.1 Å². The number of sulfonamides is 1. The fourth-order valence-corrected chi connectivity index (χ4v) is 8.94. The second-order valence-electron chi connectivity index (χ2n) is 9.23. The summed E-state index contributed by atoms with van der Waals surface area (Å²) in [5.41, 5.74) is 3.18. The first-order valence-electron chi connectivity index (χ1n) is 11.4. The van der Waals surface area contributed by atoms with Crippen LogP contribution in [0.3, 0.4) is 0 Å². The van der Waals surface area contributed by atoms with E-state index in [1.807, 2.05) is 26.0 Å². The van der Waals surface area contributed by atoms with E-state index in [4.69, 9.17) is 0 Å². The molecule has 7 heteroatoms. The van der Waals surface area contributed by atoms with E-state index < -0.39 is 25.2 Å². The molecule has 1 aliphatic carbocycles. The molecular weight excluding hydrogens is 442 g/mol. The van der Waals surface area contributed by atoms with E-state index in [-0.39, 0.29) is 15.7 Å². The molecule has 32 heavy (non-hydrogen) atoms. The standard InChI is InChI=1S/C25H35NO4S2/c1-18-12-14-23(15-13-18)31(27,28)25(22-10-8-6-5-7-9-11-22)26-32(29,30)24-20(3)16-19(2)17-21(24)4/h12-17,22,25-26H,5-11H2,1-4H3. The molecule has 1 saturated carbocycles. The fraction of sp³-hybridized carbons (Fsp3) is 0.520. The van der Waals surface area contributed by atoms with Crippen LogP contribution < -0.4 is 4.72 Å².